The second-order valence-electron chi connectivity index (χ2n) is 7.82. The van der Waals surface area contributed by atoms with E-state index in [1.165, 1.54) is 12.4 Å². The van der Waals surface area contributed by atoms with Gasteiger partial charge in [-0.15, -0.1) is 0 Å². The van der Waals surface area contributed by atoms with Gasteiger partial charge in [-0.3, -0.25) is 9.69 Å². The van der Waals surface area contributed by atoms with Crippen LogP contribution in [0.3, 0.4) is 0 Å². The number of hydrogen-bond donors (Lipinski definition) is 1. The van der Waals surface area contributed by atoms with Crippen molar-refractivity contribution in [1.29, 1.82) is 0 Å². The number of rotatable bonds is 6. The molecule has 31 heavy (non-hydrogen) atoms. The molecule has 9 heteroatoms. The van der Waals surface area contributed by atoms with Gasteiger partial charge in [0.1, 0.15) is 0 Å². The average molecular weight is 444 g/mol. The lowest BCUT2D eigenvalue weighted by atomic mass is 10.1. The summed E-state index contributed by atoms with van der Waals surface area (Å²) in [5, 5.41) is 3.73. The fourth-order valence-electron chi connectivity index (χ4n) is 3.90. The second-order valence-corrected chi connectivity index (χ2v) is 8.26. The van der Waals surface area contributed by atoms with Gasteiger partial charge in [0.05, 0.1) is 29.7 Å². The molecule has 1 aromatic carbocycles. The Bertz CT molecular complexity index is 953. The topological polar surface area (TPSA) is 87.7 Å². The summed E-state index contributed by atoms with van der Waals surface area (Å²) in [6, 6.07) is 5.67. The van der Waals surface area contributed by atoms with Gasteiger partial charge in [-0.1, -0.05) is 31.0 Å². The summed E-state index contributed by atoms with van der Waals surface area (Å²) < 4.78 is 5.36. The molecule has 2 aliphatic heterocycles. The molecule has 3 heterocycles. The van der Waals surface area contributed by atoms with E-state index in [2.05, 4.69) is 22.2 Å². The summed E-state index contributed by atoms with van der Waals surface area (Å²) in [6.45, 7) is 4.25. The van der Waals surface area contributed by atoms with E-state index in [0.717, 1.165) is 36.9 Å². The lowest BCUT2D eigenvalue weighted by Gasteiger charge is -2.20. The third kappa shape index (κ3) is 4.90. The van der Waals surface area contributed by atoms with E-state index in [9.17, 15) is 9.59 Å². The van der Waals surface area contributed by atoms with Gasteiger partial charge in [0.25, 0.3) is 5.91 Å². The van der Waals surface area contributed by atoms with Crippen molar-refractivity contribution in [3.8, 4) is 0 Å². The number of amides is 2. The van der Waals surface area contributed by atoms with Crippen LogP contribution in [-0.4, -0.2) is 59.2 Å². The first-order chi connectivity index (χ1) is 15.0. The molecule has 4 rings (SSSR count). The van der Waals surface area contributed by atoms with Crippen LogP contribution in [0.1, 0.15) is 42.1 Å². The van der Waals surface area contributed by atoms with Crippen LogP contribution in [0.15, 0.2) is 30.6 Å². The number of halogens is 1. The summed E-state index contributed by atoms with van der Waals surface area (Å²) in [7, 11) is 0. The Balaban J connectivity index is 1.40. The van der Waals surface area contributed by atoms with Crippen LogP contribution in [0.4, 0.5) is 16.4 Å². The van der Waals surface area contributed by atoms with Crippen molar-refractivity contribution in [3.05, 3.63) is 46.7 Å². The number of nitrogens with zero attached hydrogens (tertiary/aromatic N) is 4. The second kappa shape index (κ2) is 9.51. The Morgan fingerprint density at radius 3 is 2.84 bits per heavy atom. The Labute approximate surface area is 186 Å². The van der Waals surface area contributed by atoms with E-state index in [-0.39, 0.29) is 18.0 Å². The minimum Gasteiger partial charge on any atom is -0.449 e. The predicted octanol–water partition coefficient (Wildman–Crippen LogP) is 3.76. The molecule has 8 nitrogen and oxygen atoms in total. The van der Waals surface area contributed by atoms with Crippen molar-refractivity contribution in [2.45, 2.75) is 38.6 Å². The summed E-state index contributed by atoms with van der Waals surface area (Å²) in [6.07, 6.45) is 6.12. The van der Waals surface area contributed by atoms with Crippen LogP contribution in [0.5, 0.6) is 0 Å². The lowest BCUT2D eigenvalue weighted by molar-refractivity contribution is 0.0791. The van der Waals surface area contributed by atoms with Crippen molar-refractivity contribution in [1.82, 2.24) is 14.9 Å². The maximum atomic E-state index is 13.1. The highest BCUT2D eigenvalue weighted by Gasteiger charge is 2.30. The highest BCUT2D eigenvalue weighted by molar-refractivity contribution is 6.30. The molecule has 1 saturated heterocycles. The van der Waals surface area contributed by atoms with Crippen molar-refractivity contribution in [3.63, 3.8) is 0 Å². The summed E-state index contributed by atoms with van der Waals surface area (Å²) in [5.74, 6) is 0.453. The predicted molar refractivity (Wildman–Crippen MR) is 119 cm³/mol. The van der Waals surface area contributed by atoms with Crippen molar-refractivity contribution < 1.29 is 14.3 Å². The number of ether oxygens (including phenoxy) is 1. The molecule has 1 N–H and O–H groups in total. The molecule has 2 aliphatic rings. The van der Waals surface area contributed by atoms with Crippen LogP contribution in [0.25, 0.3) is 0 Å². The van der Waals surface area contributed by atoms with Crippen LogP contribution in [0.2, 0.25) is 5.02 Å². The van der Waals surface area contributed by atoms with Crippen molar-refractivity contribution >= 4 is 35.2 Å². The SMILES string of the molecule is CCCCOC(=O)N1CCc2ccc(C(=O)N3CCC(Nc4ncc(Cl)cn4)C3)cc21. The van der Waals surface area contributed by atoms with Crippen LogP contribution < -0.4 is 10.2 Å². The van der Waals surface area contributed by atoms with Gasteiger partial charge in [0.2, 0.25) is 5.95 Å². The molecule has 0 spiro atoms. The number of anilines is 2. The summed E-state index contributed by atoms with van der Waals surface area (Å²) >= 11 is 5.82. The van der Waals surface area contributed by atoms with E-state index in [4.69, 9.17) is 16.3 Å². The van der Waals surface area contributed by atoms with Gasteiger partial charge in [-0.25, -0.2) is 14.8 Å². The van der Waals surface area contributed by atoms with E-state index >= 15 is 0 Å². The first-order valence-corrected chi connectivity index (χ1v) is 11.0. The van der Waals surface area contributed by atoms with Gasteiger partial charge < -0.3 is 15.0 Å². The number of aromatic nitrogens is 2. The van der Waals surface area contributed by atoms with Gasteiger partial charge in [-0.2, -0.15) is 0 Å². The van der Waals surface area contributed by atoms with Gasteiger partial charge in [-0.05, 0) is 37.0 Å². The third-order valence-corrected chi connectivity index (χ3v) is 5.80. The van der Waals surface area contributed by atoms with Crippen molar-refractivity contribution in [2.75, 3.05) is 36.5 Å². The molecular weight excluding hydrogens is 418 g/mol. The monoisotopic (exact) mass is 443 g/mol. The number of hydrogen-bond acceptors (Lipinski definition) is 6. The summed E-state index contributed by atoms with van der Waals surface area (Å²) in [5.41, 5.74) is 2.41. The first-order valence-electron chi connectivity index (χ1n) is 10.7. The Kier molecular flexibility index (Phi) is 6.56. The minimum atomic E-state index is -0.342. The number of likely N-dealkylation sites (tertiary alicyclic amines) is 1. The van der Waals surface area contributed by atoms with E-state index in [1.807, 2.05) is 23.1 Å². The number of nitrogens with one attached hydrogen (secondary N) is 1. The number of benzene rings is 1. The molecule has 164 valence electrons. The van der Waals surface area contributed by atoms with Gasteiger partial charge in [0, 0.05) is 31.2 Å². The molecule has 1 aromatic heterocycles. The minimum absolute atomic E-state index is 0.0460. The van der Waals surface area contributed by atoms with Gasteiger partial charge >= 0.3 is 6.09 Å². The molecular formula is C22H26ClN5O3. The number of carbonyl (C=O) groups is 2. The molecule has 0 bridgehead atoms. The first kappa shape index (κ1) is 21.4. The quantitative estimate of drug-likeness (QED) is 0.684. The van der Waals surface area contributed by atoms with Gasteiger partial charge in [0.15, 0.2) is 0 Å². The molecule has 1 fully saturated rings. The third-order valence-electron chi connectivity index (χ3n) is 5.60. The van der Waals surface area contributed by atoms with E-state index in [0.29, 0.717) is 42.8 Å². The van der Waals surface area contributed by atoms with Crippen LogP contribution in [0, 0.1) is 0 Å². The molecule has 0 saturated carbocycles. The van der Waals surface area contributed by atoms with Crippen molar-refractivity contribution in [2.24, 2.45) is 0 Å². The number of fused-ring (bicyclic) bond motifs is 1. The Morgan fingerprint density at radius 2 is 2.06 bits per heavy atom. The molecule has 2 amide bonds. The zero-order chi connectivity index (χ0) is 21.8. The standard InChI is InChI=1S/C22H26ClN5O3/c1-2-3-10-31-22(30)28-9-6-15-4-5-16(11-19(15)28)20(29)27-8-7-18(14-27)26-21-24-12-17(23)13-25-21/h4-5,11-13,18H,2-3,6-10,14H2,1H3,(H,24,25,26). The maximum absolute atomic E-state index is 13.1. The normalized spacial score (nSPS) is 17.5. The molecule has 1 atom stereocenters. The van der Waals surface area contributed by atoms with E-state index in [1.54, 1.807) is 4.90 Å². The van der Waals surface area contributed by atoms with E-state index < -0.39 is 0 Å². The molecule has 2 aromatic rings. The average Bonchev–Trinajstić information content (AvgIpc) is 3.41. The van der Waals surface area contributed by atoms with Crippen LogP contribution >= 0.6 is 11.6 Å². The largest absolute Gasteiger partial charge is 0.449 e. The Hall–Kier alpha value is -2.87. The lowest BCUT2D eigenvalue weighted by Crippen LogP contribution is -2.32. The molecule has 1 unspecified atom stereocenters. The summed E-state index contributed by atoms with van der Waals surface area (Å²) in [4.78, 5) is 37.3. The smallest absolute Gasteiger partial charge is 0.414 e. The number of carbonyl (C=O) groups excluding carboxylic acids is 2. The fourth-order valence-corrected chi connectivity index (χ4v) is 4.00. The number of unbranched alkanes of at least 4 members (excludes halogenated alkanes) is 1. The highest BCUT2D eigenvalue weighted by atomic mass is 35.5. The zero-order valence-corrected chi connectivity index (χ0v) is 18.3. The van der Waals surface area contributed by atoms with Crippen LogP contribution in [-0.2, 0) is 11.2 Å². The zero-order valence-electron chi connectivity index (χ0n) is 17.5. The highest BCUT2D eigenvalue weighted by Crippen LogP contribution is 2.30. The fraction of sp³-hybridized carbons (Fsp3) is 0.455. The Morgan fingerprint density at radius 1 is 1.26 bits per heavy atom. The molecule has 0 radical (unpaired) electrons. The maximum Gasteiger partial charge on any atom is 0.414 e. The molecule has 0 aliphatic carbocycles.